The summed E-state index contributed by atoms with van der Waals surface area (Å²) < 4.78 is 1.16. The molecule has 0 spiro atoms. The first kappa shape index (κ1) is 16.0. The van der Waals surface area contributed by atoms with E-state index in [1.54, 1.807) is 0 Å². The van der Waals surface area contributed by atoms with Gasteiger partial charge in [0.05, 0.1) is 0 Å². The Morgan fingerprint density at radius 3 is 2.50 bits per heavy atom. The third kappa shape index (κ3) is 6.87. The molecule has 1 aromatic carbocycles. The number of nitrogens with zero attached hydrogens (tertiary/aromatic N) is 1. The molecule has 1 aromatic rings. The Balaban J connectivity index is 1.46. The fourth-order valence-electron chi connectivity index (χ4n) is 2.43. The molecule has 1 saturated carbocycles. The molecule has 1 aliphatic rings. The molecule has 1 fully saturated rings. The van der Waals surface area contributed by atoms with Crippen molar-refractivity contribution in [3.05, 3.63) is 34.3 Å². The van der Waals surface area contributed by atoms with E-state index < -0.39 is 0 Å². The molecule has 1 N–H and O–H groups in total. The number of unbranched alkanes of at least 4 members (excludes halogenated alkanes) is 3. The molecule has 2 rings (SSSR count). The quantitative estimate of drug-likeness (QED) is 0.643. The zero-order valence-electron chi connectivity index (χ0n) is 12.6. The average molecular weight is 339 g/mol. The molecule has 0 radical (unpaired) electrons. The van der Waals surface area contributed by atoms with E-state index in [1.165, 1.54) is 57.2 Å². The summed E-state index contributed by atoms with van der Waals surface area (Å²) in [4.78, 5) is 2.42. The van der Waals surface area contributed by atoms with Crippen LogP contribution in [0.4, 0.5) is 0 Å². The summed E-state index contributed by atoms with van der Waals surface area (Å²) in [5.74, 6) is 0. The Labute approximate surface area is 132 Å². The fourth-order valence-corrected chi connectivity index (χ4v) is 2.70. The number of rotatable bonds is 10. The van der Waals surface area contributed by atoms with Gasteiger partial charge in [-0.15, -0.1) is 0 Å². The summed E-state index contributed by atoms with van der Waals surface area (Å²) in [7, 11) is 2.22. The van der Waals surface area contributed by atoms with Crippen LogP contribution in [0.25, 0.3) is 0 Å². The average Bonchev–Trinajstić information content (AvgIpc) is 3.24. The molecular formula is C17H27BrN2. The minimum atomic E-state index is 0.868. The van der Waals surface area contributed by atoms with Crippen molar-refractivity contribution < 1.29 is 0 Å². The second-order valence-corrected chi connectivity index (χ2v) is 6.92. The molecule has 2 nitrogen and oxygen atoms in total. The highest BCUT2D eigenvalue weighted by molar-refractivity contribution is 9.10. The lowest BCUT2D eigenvalue weighted by molar-refractivity contribution is 0.316. The van der Waals surface area contributed by atoms with Gasteiger partial charge in [0.1, 0.15) is 0 Å². The van der Waals surface area contributed by atoms with Crippen LogP contribution in [-0.2, 0) is 6.54 Å². The smallest absolute Gasteiger partial charge is 0.0230 e. The van der Waals surface area contributed by atoms with Crippen molar-refractivity contribution in [1.82, 2.24) is 10.2 Å². The molecule has 0 amide bonds. The van der Waals surface area contributed by atoms with E-state index in [4.69, 9.17) is 0 Å². The van der Waals surface area contributed by atoms with Crippen molar-refractivity contribution in [1.29, 1.82) is 0 Å². The first-order valence-corrected chi connectivity index (χ1v) is 8.70. The van der Waals surface area contributed by atoms with E-state index in [2.05, 4.69) is 57.5 Å². The minimum Gasteiger partial charge on any atom is -0.314 e. The predicted octanol–water partition coefficient (Wildman–Crippen LogP) is 4.19. The van der Waals surface area contributed by atoms with Gasteiger partial charge in [0.2, 0.25) is 0 Å². The number of benzene rings is 1. The molecule has 3 heteroatoms. The van der Waals surface area contributed by atoms with E-state index >= 15 is 0 Å². The first-order chi connectivity index (χ1) is 9.74. The molecular weight excluding hydrogens is 312 g/mol. The van der Waals surface area contributed by atoms with Crippen molar-refractivity contribution in [2.24, 2.45) is 0 Å². The van der Waals surface area contributed by atoms with Crippen LogP contribution < -0.4 is 5.32 Å². The molecule has 0 saturated heterocycles. The molecule has 0 heterocycles. The largest absolute Gasteiger partial charge is 0.314 e. The van der Waals surface area contributed by atoms with Crippen molar-refractivity contribution >= 4 is 15.9 Å². The van der Waals surface area contributed by atoms with Crippen LogP contribution in [0.3, 0.4) is 0 Å². The summed E-state index contributed by atoms with van der Waals surface area (Å²) in [5, 5.41) is 3.58. The molecule has 0 unspecified atom stereocenters. The molecule has 112 valence electrons. The zero-order valence-corrected chi connectivity index (χ0v) is 14.2. The van der Waals surface area contributed by atoms with E-state index in [0.717, 1.165) is 17.1 Å². The highest BCUT2D eigenvalue weighted by Crippen LogP contribution is 2.18. The van der Waals surface area contributed by atoms with Crippen LogP contribution in [0.15, 0.2) is 28.7 Å². The standard InChI is InChI=1S/C17H27BrN2/c1-20(14-15-6-8-16(18)9-7-15)13-5-3-2-4-12-19-17-10-11-17/h6-9,17,19H,2-5,10-14H2,1H3. The Morgan fingerprint density at radius 2 is 1.80 bits per heavy atom. The summed E-state index contributed by atoms with van der Waals surface area (Å²) in [6, 6.07) is 9.51. The maximum absolute atomic E-state index is 3.58. The van der Waals surface area contributed by atoms with Gasteiger partial charge in [0.15, 0.2) is 0 Å². The highest BCUT2D eigenvalue weighted by atomic mass is 79.9. The van der Waals surface area contributed by atoms with Crippen LogP contribution in [-0.4, -0.2) is 31.1 Å². The summed E-state index contributed by atoms with van der Waals surface area (Å²) >= 11 is 3.48. The maximum Gasteiger partial charge on any atom is 0.0230 e. The lowest BCUT2D eigenvalue weighted by Crippen LogP contribution is -2.19. The zero-order chi connectivity index (χ0) is 14.2. The maximum atomic E-state index is 3.58. The minimum absolute atomic E-state index is 0.868. The Kier molecular flexibility index (Phi) is 7.05. The van der Waals surface area contributed by atoms with Gasteiger partial charge in [0, 0.05) is 17.1 Å². The lowest BCUT2D eigenvalue weighted by Gasteiger charge is -2.16. The number of hydrogen-bond donors (Lipinski definition) is 1. The Morgan fingerprint density at radius 1 is 1.10 bits per heavy atom. The van der Waals surface area contributed by atoms with Gasteiger partial charge in [-0.05, 0) is 63.5 Å². The van der Waals surface area contributed by atoms with Gasteiger partial charge in [-0.3, -0.25) is 0 Å². The van der Waals surface area contributed by atoms with Crippen LogP contribution in [0, 0.1) is 0 Å². The van der Waals surface area contributed by atoms with Crippen LogP contribution in [0.2, 0.25) is 0 Å². The van der Waals surface area contributed by atoms with Gasteiger partial charge in [0.25, 0.3) is 0 Å². The monoisotopic (exact) mass is 338 g/mol. The summed E-state index contributed by atoms with van der Waals surface area (Å²) in [5.41, 5.74) is 1.39. The fraction of sp³-hybridized carbons (Fsp3) is 0.647. The second kappa shape index (κ2) is 8.81. The topological polar surface area (TPSA) is 15.3 Å². The predicted molar refractivity (Wildman–Crippen MR) is 90.0 cm³/mol. The first-order valence-electron chi connectivity index (χ1n) is 7.90. The Hall–Kier alpha value is -0.380. The number of nitrogens with one attached hydrogen (secondary N) is 1. The van der Waals surface area contributed by atoms with Gasteiger partial charge < -0.3 is 10.2 Å². The molecule has 0 aromatic heterocycles. The van der Waals surface area contributed by atoms with Gasteiger partial charge >= 0.3 is 0 Å². The van der Waals surface area contributed by atoms with Gasteiger partial charge in [-0.25, -0.2) is 0 Å². The van der Waals surface area contributed by atoms with Crippen molar-refractivity contribution in [3.8, 4) is 0 Å². The second-order valence-electron chi connectivity index (χ2n) is 6.01. The lowest BCUT2D eigenvalue weighted by atomic mass is 10.1. The molecule has 0 aliphatic heterocycles. The highest BCUT2D eigenvalue weighted by Gasteiger charge is 2.19. The normalized spacial score (nSPS) is 14.9. The molecule has 20 heavy (non-hydrogen) atoms. The van der Waals surface area contributed by atoms with Gasteiger partial charge in [-0.1, -0.05) is 40.9 Å². The van der Waals surface area contributed by atoms with Crippen LogP contribution >= 0.6 is 15.9 Å². The molecule has 1 aliphatic carbocycles. The van der Waals surface area contributed by atoms with E-state index in [1.807, 2.05) is 0 Å². The van der Waals surface area contributed by atoms with E-state index in [9.17, 15) is 0 Å². The van der Waals surface area contributed by atoms with Crippen LogP contribution in [0.5, 0.6) is 0 Å². The van der Waals surface area contributed by atoms with E-state index in [-0.39, 0.29) is 0 Å². The van der Waals surface area contributed by atoms with Gasteiger partial charge in [-0.2, -0.15) is 0 Å². The number of hydrogen-bond acceptors (Lipinski definition) is 2. The van der Waals surface area contributed by atoms with Crippen LogP contribution in [0.1, 0.15) is 44.1 Å². The molecule has 0 bridgehead atoms. The van der Waals surface area contributed by atoms with E-state index in [0.29, 0.717) is 0 Å². The third-order valence-corrected chi connectivity index (χ3v) is 4.37. The third-order valence-electron chi connectivity index (χ3n) is 3.84. The van der Waals surface area contributed by atoms with Crippen molar-refractivity contribution in [2.75, 3.05) is 20.1 Å². The van der Waals surface area contributed by atoms with Crippen molar-refractivity contribution in [3.63, 3.8) is 0 Å². The van der Waals surface area contributed by atoms with Crippen molar-refractivity contribution in [2.45, 2.75) is 51.1 Å². The number of halogens is 1. The summed E-state index contributed by atoms with van der Waals surface area (Å²) in [6.45, 7) is 3.47. The summed E-state index contributed by atoms with van der Waals surface area (Å²) in [6.07, 6.45) is 8.19. The SMILES string of the molecule is CN(CCCCCCNC1CC1)Cc1ccc(Br)cc1. The Bertz CT molecular complexity index is 373. The molecule has 0 atom stereocenters.